The highest BCUT2D eigenvalue weighted by Crippen LogP contribution is 2.29. The van der Waals surface area contributed by atoms with E-state index in [-0.39, 0.29) is 6.10 Å². The van der Waals surface area contributed by atoms with Gasteiger partial charge in [0.05, 0.1) is 6.10 Å². The Morgan fingerprint density at radius 3 is 2.50 bits per heavy atom. The van der Waals surface area contributed by atoms with Gasteiger partial charge in [-0.25, -0.2) is 0 Å². The van der Waals surface area contributed by atoms with Crippen molar-refractivity contribution in [2.45, 2.75) is 57.2 Å². The summed E-state index contributed by atoms with van der Waals surface area (Å²) in [5.41, 5.74) is 0. The van der Waals surface area contributed by atoms with Crippen LogP contribution in [0.1, 0.15) is 39.0 Å². The van der Waals surface area contributed by atoms with Crippen molar-refractivity contribution in [3.63, 3.8) is 0 Å². The molecule has 1 aliphatic carbocycles. The molecule has 2 fully saturated rings. The van der Waals surface area contributed by atoms with E-state index >= 15 is 0 Å². The van der Waals surface area contributed by atoms with Gasteiger partial charge in [0.2, 0.25) is 0 Å². The van der Waals surface area contributed by atoms with Gasteiger partial charge in [-0.1, -0.05) is 0 Å². The molecule has 0 spiro atoms. The number of hydrogen-bond donors (Lipinski definition) is 1. The molecule has 0 bridgehead atoms. The van der Waals surface area contributed by atoms with E-state index in [1.807, 2.05) is 0 Å². The first-order valence-electron chi connectivity index (χ1n) is 5.23. The maximum atomic E-state index is 9.73. The minimum Gasteiger partial charge on any atom is -0.391 e. The van der Waals surface area contributed by atoms with Crippen LogP contribution in [0.15, 0.2) is 0 Å². The second-order valence-electron chi connectivity index (χ2n) is 4.29. The SMILES string of the molecule is CC1CCCN1[C@H]1CCC[C@@H]1O. The van der Waals surface area contributed by atoms with Crippen molar-refractivity contribution in [3.8, 4) is 0 Å². The highest BCUT2D eigenvalue weighted by Gasteiger charge is 2.34. The molecule has 0 radical (unpaired) electrons. The lowest BCUT2D eigenvalue weighted by molar-refractivity contribution is 0.0670. The van der Waals surface area contributed by atoms with Crippen LogP contribution in [0.25, 0.3) is 0 Å². The lowest BCUT2D eigenvalue weighted by Gasteiger charge is -2.30. The van der Waals surface area contributed by atoms with Crippen LogP contribution in [-0.2, 0) is 0 Å². The monoisotopic (exact) mass is 169 g/mol. The molecule has 0 aromatic rings. The molecule has 1 aliphatic heterocycles. The van der Waals surface area contributed by atoms with Gasteiger partial charge in [0.25, 0.3) is 0 Å². The maximum absolute atomic E-state index is 9.73. The first kappa shape index (κ1) is 8.52. The van der Waals surface area contributed by atoms with E-state index in [9.17, 15) is 5.11 Å². The van der Waals surface area contributed by atoms with E-state index in [0.717, 1.165) is 6.42 Å². The molecule has 0 amide bonds. The van der Waals surface area contributed by atoms with Gasteiger partial charge in [-0.3, -0.25) is 4.90 Å². The molecular formula is C10H19NO. The molecule has 0 aromatic carbocycles. The van der Waals surface area contributed by atoms with E-state index in [2.05, 4.69) is 11.8 Å². The molecule has 1 unspecified atom stereocenters. The van der Waals surface area contributed by atoms with Gasteiger partial charge < -0.3 is 5.11 Å². The Labute approximate surface area is 74.6 Å². The largest absolute Gasteiger partial charge is 0.391 e. The van der Waals surface area contributed by atoms with Crippen LogP contribution in [0.5, 0.6) is 0 Å². The van der Waals surface area contributed by atoms with Crippen LogP contribution in [0.3, 0.4) is 0 Å². The van der Waals surface area contributed by atoms with E-state index in [4.69, 9.17) is 0 Å². The molecule has 1 heterocycles. The Bertz CT molecular complexity index is 142. The number of hydrogen-bond acceptors (Lipinski definition) is 2. The highest BCUT2D eigenvalue weighted by atomic mass is 16.3. The average molecular weight is 169 g/mol. The summed E-state index contributed by atoms with van der Waals surface area (Å²) in [6, 6.07) is 1.20. The summed E-state index contributed by atoms with van der Waals surface area (Å²) in [5, 5.41) is 9.73. The van der Waals surface area contributed by atoms with Gasteiger partial charge in [-0.05, 0) is 45.6 Å². The molecule has 2 nitrogen and oxygen atoms in total. The molecule has 1 saturated carbocycles. The van der Waals surface area contributed by atoms with Crippen molar-refractivity contribution >= 4 is 0 Å². The van der Waals surface area contributed by atoms with Crippen molar-refractivity contribution in [3.05, 3.63) is 0 Å². The minimum absolute atomic E-state index is 0.0365. The Morgan fingerprint density at radius 1 is 1.17 bits per heavy atom. The summed E-state index contributed by atoms with van der Waals surface area (Å²) in [6.07, 6.45) is 6.06. The van der Waals surface area contributed by atoms with Gasteiger partial charge in [0.1, 0.15) is 0 Å². The topological polar surface area (TPSA) is 23.5 Å². The highest BCUT2D eigenvalue weighted by molar-refractivity contribution is 4.90. The van der Waals surface area contributed by atoms with Gasteiger partial charge in [-0.15, -0.1) is 0 Å². The van der Waals surface area contributed by atoms with E-state index in [0.29, 0.717) is 12.1 Å². The summed E-state index contributed by atoms with van der Waals surface area (Å²) in [6.45, 7) is 3.50. The van der Waals surface area contributed by atoms with Crippen LogP contribution in [0, 0.1) is 0 Å². The Hall–Kier alpha value is -0.0800. The zero-order chi connectivity index (χ0) is 8.55. The van der Waals surface area contributed by atoms with Crippen LogP contribution in [0.2, 0.25) is 0 Å². The van der Waals surface area contributed by atoms with Crippen molar-refractivity contribution < 1.29 is 5.11 Å². The first-order chi connectivity index (χ1) is 5.79. The average Bonchev–Trinajstić information content (AvgIpc) is 2.59. The zero-order valence-electron chi connectivity index (χ0n) is 7.87. The predicted molar refractivity (Wildman–Crippen MR) is 49.0 cm³/mol. The summed E-state index contributed by atoms with van der Waals surface area (Å²) in [4.78, 5) is 2.51. The number of aliphatic hydroxyl groups excluding tert-OH is 1. The second-order valence-corrected chi connectivity index (χ2v) is 4.29. The molecular weight excluding hydrogens is 150 g/mol. The molecule has 2 rings (SSSR count). The third-order valence-corrected chi connectivity index (χ3v) is 3.47. The Balaban J connectivity index is 1.98. The van der Waals surface area contributed by atoms with Crippen LogP contribution >= 0.6 is 0 Å². The van der Waals surface area contributed by atoms with Crippen LogP contribution in [-0.4, -0.2) is 34.7 Å². The van der Waals surface area contributed by atoms with Crippen LogP contribution in [0.4, 0.5) is 0 Å². The van der Waals surface area contributed by atoms with E-state index in [1.165, 1.54) is 32.2 Å². The standard InChI is InChI=1S/C10H19NO/c1-8-4-3-7-11(8)9-5-2-6-10(9)12/h8-10,12H,2-7H2,1H3/t8?,9-,10-/m0/s1. The van der Waals surface area contributed by atoms with E-state index in [1.54, 1.807) is 0 Å². The summed E-state index contributed by atoms with van der Waals surface area (Å²) >= 11 is 0. The molecule has 0 aromatic heterocycles. The van der Waals surface area contributed by atoms with Gasteiger partial charge in [-0.2, -0.15) is 0 Å². The van der Waals surface area contributed by atoms with Crippen molar-refractivity contribution in [2.24, 2.45) is 0 Å². The van der Waals surface area contributed by atoms with Gasteiger partial charge in [0.15, 0.2) is 0 Å². The lowest BCUT2D eigenvalue weighted by Crippen LogP contribution is -2.42. The van der Waals surface area contributed by atoms with E-state index < -0.39 is 0 Å². The number of rotatable bonds is 1. The van der Waals surface area contributed by atoms with Crippen molar-refractivity contribution in [1.82, 2.24) is 4.90 Å². The molecule has 2 aliphatic rings. The fourth-order valence-electron chi connectivity index (χ4n) is 2.76. The van der Waals surface area contributed by atoms with Gasteiger partial charge in [0, 0.05) is 12.1 Å². The minimum atomic E-state index is -0.0365. The lowest BCUT2D eigenvalue weighted by atomic mass is 10.1. The molecule has 3 atom stereocenters. The normalized spacial score (nSPS) is 44.0. The third-order valence-electron chi connectivity index (χ3n) is 3.47. The maximum Gasteiger partial charge on any atom is 0.0695 e. The molecule has 1 saturated heterocycles. The summed E-state index contributed by atoms with van der Waals surface area (Å²) < 4.78 is 0. The zero-order valence-corrected chi connectivity index (χ0v) is 7.87. The van der Waals surface area contributed by atoms with Crippen LogP contribution < -0.4 is 0 Å². The number of nitrogens with zero attached hydrogens (tertiary/aromatic N) is 1. The molecule has 2 heteroatoms. The Morgan fingerprint density at radius 2 is 2.00 bits per heavy atom. The third kappa shape index (κ3) is 1.38. The van der Waals surface area contributed by atoms with Crippen molar-refractivity contribution in [2.75, 3.05) is 6.54 Å². The van der Waals surface area contributed by atoms with Crippen molar-refractivity contribution in [1.29, 1.82) is 0 Å². The second kappa shape index (κ2) is 3.35. The first-order valence-corrected chi connectivity index (χ1v) is 5.23. The Kier molecular flexibility index (Phi) is 2.37. The molecule has 12 heavy (non-hydrogen) atoms. The number of likely N-dealkylation sites (tertiary alicyclic amines) is 1. The smallest absolute Gasteiger partial charge is 0.0695 e. The predicted octanol–water partition coefficient (Wildman–Crippen LogP) is 1.38. The molecule has 1 N–H and O–H groups in total. The quantitative estimate of drug-likeness (QED) is 0.641. The van der Waals surface area contributed by atoms with Gasteiger partial charge >= 0.3 is 0 Å². The number of aliphatic hydroxyl groups is 1. The fourth-order valence-corrected chi connectivity index (χ4v) is 2.76. The molecule has 70 valence electrons. The summed E-state index contributed by atoms with van der Waals surface area (Å²) in [7, 11) is 0. The summed E-state index contributed by atoms with van der Waals surface area (Å²) in [5.74, 6) is 0. The fraction of sp³-hybridized carbons (Fsp3) is 1.00.